The van der Waals surface area contributed by atoms with E-state index in [0.29, 0.717) is 13.1 Å². The fraction of sp³-hybridized carbons (Fsp3) is 0.500. The summed E-state index contributed by atoms with van der Waals surface area (Å²) in [6, 6.07) is 3.31. The predicted octanol–water partition coefficient (Wildman–Crippen LogP) is 0.469. The molecule has 11 nitrogen and oxygen atoms in total. The Bertz CT molecular complexity index is 866. The number of rotatable bonds is 8. The lowest BCUT2D eigenvalue weighted by Crippen LogP contribution is -2.40. The monoisotopic (exact) mass is 414 g/mol. The lowest BCUT2D eigenvalue weighted by atomic mass is 10.3. The first-order valence-electron chi connectivity index (χ1n) is 8.60. The van der Waals surface area contributed by atoms with Crippen molar-refractivity contribution >= 4 is 33.3 Å². The lowest BCUT2D eigenvalue weighted by Gasteiger charge is -2.20. The Morgan fingerprint density at radius 3 is 2.54 bits per heavy atom. The molecule has 1 aliphatic rings. The van der Waals surface area contributed by atoms with Crippen molar-refractivity contribution in [2.24, 2.45) is 0 Å². The van der Waals surface area contributed by atoms with E-state index in [1.54, 1.807) is 4.90 Å². The van der Waals surface area contributed by atoms with E-state index in [1.807, 2.05) is 4.72 Å². The van der Waals surface area contributed by atoms with Crippen molar-refractivity contribution < 1.29 is 27.7 Å². The molecule has 0 aliphatic carbocycles. The van der Waals surface area contributed by atoms with Gasteiger partial charge in [0.1, 0.15) is 12.2 Å². The van der Waals surface area contributed by atoms with Crippen LogP contribution in [-0.4, -0.2) is 62.9 Å². The summed E-state index contributed by atoms with van der Waals surface area (Å²) in [5.41, 5.74) is -0.268. The van der Waals surface area contributed by atoms with Crippen molar-refractivity contribution in [3.8, 4) is 0 Å². The average molecular weight is 414 g/mol. The van der Waals surface area contributed by atoms with E-state index in [-0.39, 0.29) is 16.5 Å². The average Bonchev–Trinajstić information content (AvgIpc) is 3.19. The number of nitrogens with zero attached hydrogens (tertiary/aromatic N) is 2. The van der Waals surface area contributed by atoms with Crippen molar-refractivity contribution in [1.29, 1.82) is 0 Å². The van der Waals surface area contributed by atoms with Crippen LogP contribution in [0.4, 0.5) is 11.4 Å². The Balaban J connectivity index is 1.98. The second kappa shape index (κ2) is 8.97. The van der Waals surface area contributed by atoms with Crippen LogP contribution in [0.1, 0.15) is 19.8 Å². The molecule has 2 N–H and O–H groups in total. The van der Waals surface area contributed by atoms with E-state index >= 15 is 0 Å². The molecule has 1 aliphatic heterocycles. The third-order valence-electron chi connectivity index (χ3n) is 4.23. The smallest absolute Gasteiger partial charge is 0.321 e. The van der Waals surface area contributed by atoms with Crippen molar-refractivity contribution in [2.45, 2.75) is 30.8 Å². The van der Waals surface area contributed by atoms with Gasteiger partial charge in [-0.15, -0.1) is 0 Å². The Hall–Kier alpha value is -2.73. The summed E-state index contributed by atoms with van der Waals surface area (Å²) in [6.45, 7) is 1.93. The number of amides is 1. The Morgan fingerprint density at radius 2 is 1.96 bits per heavy atom. The maximum atomic E-state index is 12.3. The molecule has 1 amide bonds. The van der Waals surface area contributed by atoms with Crippen LogP contribution in [0.15, 0.2) is 23.1 Å². The molecule has 1 unspecified atom stereocenters. The first-order chi connectivity index (χ1) is 13.2. The third-order valence-corrected chi connectivity index (χ3v) is 5.62. The predicted molar refractivity (Wildman–Crippen MR) is 99.2 cm³/mol. The molecule has 0 saturated carbocycles. The van der Waals surface area contributed by atoms with Gasteiger partial charge in [0.25, 0.3) is 11.6 Å². The highest BCUT2D eigenvalue weighted by Crippen LogP contribution is 2.26. The highest BCUT2D eigenvalue weighted by atomic mass is 32.2. The molecule has 0 spiro atoms. The van der Waals surface area contributed by atoms with E-state index in [2.05, 4.69) is 5.32 Å². The van der Waals surface area contributed by atoms with Gasteiger partial charge in [-0.05, 0) is 31.9 Å². The molecule has 1 aromatic rings. The second-order valence-electron chi connectivity index (χ2n) is 6.18. The summed E-state index contributed by atoms with van der Waals surface area (Å²) in [4.78, 5) is 35.6. The van der Waals surface area contributed by atoms with Crippen molar-refractivity contribution in [2.75, 3.05) is 32.0 Å². The van der Waals surface area contributed by atoms with E-state index < -0.39 is 39.3 Å². The van der Waals surface area contributed by atoms with E-state index in [9.17, 15) is 28.1 Å². The first-order valence-corrected chi connectivity index (χ1v) is 10.1. The highest BCUT2D eigenvalue weighted by molar-refractivity contribution is 7.89. The van der Waals surface area contributed by atoms with Crippen LogP contribution in [-0.2, 0) is 24.3 Å². The van der Waals surface area contributed by atoms with E-state index in [4.69, 9.17) is 4.74 Å². The summed E-state index contributed by atoms with van der Waals surface area (Å²) in [5, 5.41) is 13.7. The Morgan fingerprint density at radius 1 is 1.32 bits per heavy atom. The van der Waals surface area contributed by atoms with Gasteiger partial charge in [0, 0.05) is 26.2 Å². The molecule has 2 rings (SSSR count). The number of hydrogen-bond donors (Lipinski definition) is 2. The van der Waals surface area contributed by atoms with E-state index in [0.717, 1.165) is 18.9 Å². The van der Waals surface area contributed by atoms with E-state index in [1.165, 1.54) is 26.1 Å². The minimum absolute atomic E-state index is 0.151. The van der Waals surface area contributed by atoms with Crippen LogP contribution in [0.25, 0.3) is 0 Å². The van der Waals surface area contributed by atoms with Gasteiger partial charge >= 0.3 is 5.97 Å². The van der Waals surface area contributed by atoms with Crippen molar-refractivity contribution in [3.05, 3.63) is 28.3 Å². The zero-order valence-electron chi connectivity index (χ0n) is 15.5. The van der Waals surface area contributed by atoms with Gasteiger partial charge in [0.15, 0.2) is 6.10 Å². The van der Waals surface area contributed by atoms with Crippen LogP contribution in [0.5, 0.6) is 0 Å². The molecule has 1 heterocycles. The van der Waals surface area contributed by atoms with Crippen molar-refractivity contribution in [3.63, 3.8) is 0 Å². The summed E-state index contributed by atoms with van der Waals surface area (Å²) in [7, 11) is -2.72. The first kappa shape index (κ1) is 21.6. The van der Waals surface area contributed by atoms with Gasteiger partial charge < -0.3 is 15.0 Å². The molecule has 0 aromatic heterocycles. The summed E-state index contributed by atoms with van der Waals surface area (Å²) in [5.74, 6) is -1.25. The molecule has 12 heteroatoms. The quantitative estimate of drug-likeness (QED) is 0.354. The minimum Gasteiger partial charge on any atom is -0.452 e. The van der Waals surface area contributed by atoms with Crippen LogP contribution in [0, 0.1) is 10.1 Å². The molecular formula is C16H22N4O7S. The van der Waals surface area contributed by atoms with Gasteiger partial charge in [-0.2, -0.15) is 4.72 Å². The molecule has 1 saturated heterocycles. The molecule has 1 aromatic carbocycles. The normalized spacial score (nSPS) is 15.1. The van der Waals surface area contributed by atoms with Crippen LogP contribution < -0.4 is 10.0 Å². The van der Waals surface area contributed by atoms with Crippen LogP contribution in [0.3, 0.4) is 0 Å². The number of hydrogen-bond acceptors (Lipinski definition) is 8. The molecular weight excluding hydrogens is 392 g/mol. The van der Waals surface area contributed by atoms with Crippen LogP contribution >= 0.6 is 0 Å². The third kappa shape index (κ3) is 5.16. The number of anilines is 1. The SMILES string of the molecule is CNc1ccc(S(=O)(=O)NCC(=O)OC(C)C(=O)N2CCCC2)cc1[N+](=O)[O-]. The number of esters is 1. The number of carbonyl (C=O) groups is 2. The van der Waals surface area contributed by atoms with Gasteiger partial charge in [-0.1, -0.05) is 0 Å². The van der Waals surface area contributed by atoms with Crippen LogP contribution in [0.2, 0.25) is 0 Å². The highest BCUT2D eigenvalue weighted by Gasteiger charge is 2.27. The zero-order chi connectivity index (χ0) is 20.9. The fourth-order valence-electron chi connectivity index (χ4n) is 2.76. The number of ether oxygens (including phenoxy) is 1. The minimum atomic E-state index is -4.19. The molecule has 1 fully saturated rings. The fourth-order valence-corrected chi connectivity index (χ4v) is 3.75. The maximum Gasteiger partial charge on any atom is 0.321 e. The molecule has 28 heavy (non-hydrogen) atoms. The number of nitro benzene ring substituents is 1. The molecule has 1 atom stereocenters. The lowest BCUT2D eigenvalue weighted by molar-refractivity contribution is -0.384. The summed E-state index contributed by atoms with van der Waals surface area (Å²) < 4.78 is 31.6. The number of likely N-dealkylation sites (tertiary alicyclic amines) is 1. The van der Waals surface area contributed by atoms with Gasteiger partial charge in [-0.25, -0.2) is 8.42 Å². The number of benzene rings is 1. The number of nitro groups is 1. The van der Waals surface area contributed by atoms with Gasteiger partial charge in [-0.3, -0.25) is 19.7 Å². The molecule has 154 valence electrons. The standard InChI is InChI=1S/C16H22N4O7S/c1-11(16(22)19-7-3-4-8-19)27-15(21)10-18-28(25,26)12-5-6-13(17-2)14(9-12)20(23)24/h5-6,9,11,17-18H,3-4,7-8,10H2,1-2H3. The largest absolute Gasteiger partial charge is 0.452 e. The number of nitrogens with one attached hydrogen (secondary N) is 2. The number of sulfonamides is 1. The summed E-state index contributed by atoms with van der Waals surface area (Å²) in [6.07, 6.45) is 0.765. The zero-order valence-corrected chi connectivity index (χ0v) is 16.3. The van der Waals surface area contributed by atoms with Crippen molar-refractivity contribution in [1.82, 2.24) is 9.62 Å². The molecule has 0 radical (unpaired) electrons. The summed E-state index contributed by atoms with van der Waals surface area (Å²) >= 11 is 0. The second-order valence-corrected chi connectivity index (χ2v) is 7.94. The Kier molecular flexibility index (Phi) is 6.91. The topological polar surface area (TPSA) is 148 Å². The molecule has 0 bridgehead atoms. The van der Waals surface area contributed by atoms with Gasteiger partial charge in [0.2, 0.25) is 10.0 Å². The maximum absolute atomic E-state index is 12.3. The van der Waals surface area contributed by atoms with Gasteiger partial charge in [0.05, 0.1) is 9.82 Å². The number of carbonyl (C=O) groups excluding carboxylic acids is 2. The Labute approximate surface area is 162 Å².